The number of hydrogen-bond donors (Lipinski definition) is 2. The molecule has 0 unspecified atom stereocenters. The first-order valence-electron chi connectivity index (χ1n) is 10.1. The van der Waals surface area contributed by atoms with Crippen LogP contribution in [0.15, 0.2) is 9.59 Å². The molecule has 170 valence electrons. The molecule has 0 radical (unpaired) electrons. The fourth-order valence-electron chi connectivity index (χ4n) is 2.37. The topological polar surface area (TPSA) is 112 Å². The highest BCUT2D eigenvalue weighted by molar-refractivity contribution is 5.80. The Morgan fingerprint density at radius 1 is 0.793 bits per heavy atom. The molecule has 2 N–H and O–H groups in total. The molecule has 0 fully saturated rings. The fraction of sp³-hybridized carbons (Fsp3) is 0.750. The van der Waals surface area contributed by atoms with Gasteiger partial charge < -0.3 is 29.6 Å². The van der Waals surface area contributed by atoms with Crippen LogP contribution in [-0.2, 0) is 23.7 Å². The zero-order chi connectivity index (χ0) is 21.5. The largest absolute Gasteiger partial charge is 0.380 e. The first-order chi connectivity index (χ1) is 14.0. The third-order valence-corrected chi connectivity index (χ3v) is 4.09. The van der Waals surface area contributed by atoms with Gasteiger partial charge in [-0.3, -0.25) is 14.4 Å². The molecule has 9 heteroatoms. The lowest BCUT2D eigenvalue weighted by Gasteiger charge is -2.14. The summed E-state index contributed by atoms with van der Waals surface area (Å²) < 4.78 is 21.3. The van der Waals surface area contributed by atoms with Crippen molar-refractivity contribution in [3.05, 3.63) is 20.4 Å². The van der Waals surface area contributed by atoms with E-state index < -0.39 is 10.9 Å². The van der Waals surface area contributed by atoms with Crippen LogP contribution in [0.2, 0.25) is 0 Å². The number of ketones is 1. The van der Waals surface area contributed by atoms with E-state index in [9.17, 15) is 14.4 Å². The lowest BCUT2D eigenvalue weighted by atomic mass is 10.1. The van der Waals surface area contributed by atoms with Crippen molar-refractivity contribution in [2.45, 2.75) is 27.2 Å². The van der Waals surface area contributed by atoms with Gasteiger partial charge in [0.05, 0.1) is 46.2 Å². The van der Waals surface area contributed by atoms with E-state index in [2.05, 4.69) is 10.6 Å². The van der Waals surface area contributed by atoms with Crippen molar-refractivity contribution in [1.82, 2.24) is 0 Å². The Balaban J connectivity index is 0. The molecule has 0 amide bonds. The molecule has 0 atom stereocenters. The summed E-state index contributed by atoms with van der Waals surface area (Å²) in [5.41, 5.74) is -0.399. The maximum atomic E-state index is 11.6. The van der Waals surface area contributed by atoms with Gasteiger partial charge in [0, 0.05) is 34.9 Å². The van der Waals surface area contributed by atoms with E-state index in [1.165, 1.54) is 0 Å². The van der Waals surface area contributed by atoms with Crippen LogP contribution in [0.1, 0.15) is 30.0 Å². The number of hydrogen-bond acceptors (Lipinski definition) is 9. The van der Waals surface area contributed by atoms with Crippen LogP contribution in [0, 0.1) is 5.92 Å². The van der Waals surface area contributed by atoms with Gasteiger partial charge in [0.1, 0.15) is 17.2 Å². The lowest BCUT2D eigenvalue weighted by molar-refractivity contribution is -0.123. The van der Waals surface area contributed by atoms with E-state index in [1.54, 1.807) is 0 Å². The fourth-order valence-corrected chi connectivity index (χ4v) is 2.37. The van der Waals surface area contributed by atoms with Gasteiger partial charge in [-0.25, -0.2) is 0 Å². The number of ether oxygens (including phenoxy) is 4. The van der Waals surface area contributed by atoms with Gasteiger partial charge in [-0.2, -0.15) is 0 Å². The van der Waals surface area contributed by atoms with Crippen molar-refractivity contribution in [3.63, 3.8) is 0 Å². The minimum Gasteiger partial charge on any atom is -0.380 e. The Kier molecular flexibility index (Phi) is 13.1. The van der Waals surface area contributed by atoms with Crippen LogP contribution < -0.4 is 21.5 Å². The summed E-state index contributed by atoms with van der Waals surface area (Å²) in [6.07, 6.45) is 0.433. The molecular formula is C20H38N2O7. The highest BCUT2D eigenvalue weighted by Gasteiger charge is 2.19. The molecule has 0 saturated heterocycles. The van der Waals surface area contributed by atoms with Crippen LogP contribution in [0.4, 0.5) is 11.4 Å². The standard InChI is InChI=1S/C20H34N2O7.2H2/c1-4-26-9-6-21-17-18(20(25)19(17)24)22-7-10-28-12-14-29-13-11-27-8-5-16(23)15(2)3;;/h15,21-22H,4-14H2,1-3H3;2*1H. The number of Topliss-reactive ketones (excluding diaryl/α,β-unsaturated/α-hetero) is 1. The summed E-state index contributed by atoms with van der Waals surface area (Å²) in [6, 6.07) is 0. The van der Waals surface area contributed by atoms with Crippen LogP contribution in [0.5, 0.6) is 0 Å². The molecule has 0 bridgehead atoms. The summed E-state index contributed by atoms with van der Waals surface area (Å²) in [4.78, 5) is 34.6. The Morgan fingerprint density at radius 3 is 1.72 bits per heavy atom. The van der Waals surface area contributed by atoms with Gasteiger partial charge in [-0.1, -0.05) is 13.8 Å². The second kappa shape index (κ2) is 15.1. The monoisotopic (exact) mass is 418 g/mol. The molecule has 1 aromatic carbocycles. The zero-order valence-corrected chi connectivity index (χ0v) is 17.7. The molecule has 0 heterocycles. The number of anilines is 2. The minimum absolute atomic E-state index is 0. The van der Waals surface area contributed by atoms with Gasteiger partial charge in [0.15, 0.2) is 0 Å². The first-order valence-corrected chi connectivity index (χ1v) is 10.1. The summed E-state index contributed by atoms with van der Waals surface area (Å²) in [7, 11) is 0. The van der Waals surface area contributed by atoms with Crippen LogP contribution in [-0.4, -0.2) is 71.7 Å². The van der Waals surface area contributed by atoms with Gasteiger partial charge in [-0.15, -0.1) is 0 Å². The van der Waals surface area contributed by atoms with E-state index >= 15 is 0 Å². The molecule has 29 heavy (non-hydrogen) atoms. The summed E-state index contributed by atoms with van der Waals surface area (Å²) in [5, 5.41) is 5.84. The molecule has 0 saturated carbocycles. The van der Waals surface area contributed by atoms with Crippen molar-refractivity contribution in [1.29, 1.82) is 0 Å². The Hall–Kier alpha value is -1.81. The van der Waals surface area contributed by atoms with Gasteiger partial charge in [0.25, 0.3) is 10.9 Å². The van der Waals surface area contributed by atoms with Gasteiger partial charge in [0.2, 0.25) is 0 Å². The highest BCUT2D eigenvalue weighted by Crippen LogP contribution is 2.13. The Labute approximate surface area is 174 Å². The number of carbonyl (C=O) groups is 1. The SMILES string of the molecule is CCOCCNc1c(NCCOCCOCCOCCC(=O)C(C)C)c(=O)c1=O.[HH].[HH]. The molecule has 0 aromatic heterocycles. The second-order valence-corrected chi connectivity index (χ2v) is 6.67. The average Bonchev–Trinajstić information content (AvgIpc) is 2.71. The van der Waals surface area contributed by atoms with Crippen molar-refractivity contribution < 1.29 is 26.6 Å². The minimum atomic E-state index is -0.512. The molecule has 0 spiro atoms. The van der Waals surface area contributed by atoms with Crippen molar-refractivity contribution >= 4 is 17.2 Å². The summed E-state index contributed by atoms with van der Waals surface area (Å²) in [5.74, 6) is 0.244. The highest BCUT2D eigenvalue weighted by atomic mass is 16.5. The normalized spacial score (nSPS) is 11.3. The summed E-state index contributed by atoms with van der Waals surface area (Å²) >= 11 is 0. The number of carbonyl (C=O) groups excluding carboxylic acids is 1. The summed E-state index contributed by atoms with van der Waals surface area (Å²) in [6.45, 7) is 10.1. The maximum absolute atomic E-state index is 11.6. The Morgan fingerprint density at radius 2 is 1.24 bits per heavy atom. The molecule has 0 aliphatic rings. The van der Waals surface area contributed by atoms with E-state index in [0.717, 1.165) is 0 Å². The molecule has 0 aliphatic heterocycles. The second-order valence-electron chi connectivity index (χ2n) is 6.67. The number of rotatable bonds is 19. The predicted octanol–water partition coefficient (Wildman–Crippen LogP) is 1.30. The quantitative estimate of drug-likeness (QED) is 0.253. The molecule has 1 rings (SSSR count). The van der Waals surface area contributed by atoms with Crippen LogP contribution in [0.25, 0.3) is 0 Å². The smallest absolute Gasteiger partial charge is 0.253 e. The molecule has 0 aliphatic carbocycles. The molecule has 9 nitrogen and oxygen atoms in total. The Bertz CT molecular complexity index is 664. The van der Waals surface area contributed by atoms with Crippen molar-refractivity contribution in [3.8, 4) is 0 Å². The van der Waals surface area contributed by atoms with Crippen LogP contribution >= 0.6 is 0 Å². The zero-order valence-electron chi connectivity index (χ0n) is 17.7. The van der Waals surface area contributed by atoms with Crippen LogP contribution in [0.3, 0.4) is 0 Å². The first kappa shape index (κ1) is 25.2. The van der Waals surface area contributed by atoms with Crippen molar-refractivity contribution in [2.75, 3.05) is 76.6 Å². The van der Waals surface area contributed by atoms with E-state index in [1.807, 2.05) is 20.8 Å². The molecular weight excluding hydrogens is 380 g/mol. The van der Waals surface area contributed by atoms with E-state index in [4.69, 9.17) is 18.9 Å². The van der Waals surface area contributed by atoms with Gasteiger partial charge in [-0.05, 0) is 6.92 Å². The van der Waals surface area contributed by atoms with Crippen molar-refractivity contribution in [2.24, 2.45) is 5.92 Å². The third-order valence-electron chi connectivity index (χ3n) is 4.09. The van der Waals surface area contributed by atoms with Gasteiger partial charge >= 0.3 is 0 Å². The van der Waals surface area contributed by atoms with E-state index in [0.29, 0.717) is 83.7 Å². The third kappa shape index (κ3) is 9.98. The maximum Gasteiger partial charge on any atom is 0.253 e. The van der Waals surface area contributed by atoms with E-state index in [-0.39, 0.29) is 14.6 Å². The number of nitrogens with one attached hydrogen (secondary N) is 2. The molecule has 1 aromatic rings. The average molecular weight is 419 g/mol. The predicted molar refractivity (Wildman–Crippen MR) is 116 cm³/mol. The lowest BCUT2D eigenvalue weighted by Crippen LogP contribution is -2.38.